The third kappa shape index (κ3) is 1.33. The van der Waals surface area contributed by atoms with E-state index in [-0.39, 0.29) is 5.75 Å². The van der Waals surface area contributed by atoms with Crippen LogP contribution >= 0.6 is 27.3 Å². The quantitative estimate of drug-likeness (QED) is 0.853. The molecule has 0 fully saturated rings. The van der Waals surface area contributed by atoms with Crippen LogP contribution in [0.1, 0.15) is 5.56 Å². The molecule has 0 unspecified atom stereocenters. The lowest BCUT2D eigenvalue weighted by Gasteiger charge is -1.85. The maximum atomic E-state index is 11.5. The molecule has 0 atom stereocenters. The number of hydrogen-bond acceptors (Lipinski definition) is 4. The lowest BCUT2D eigenvalue weighted by atomic mass is 10.3. The van der Waals surface area contributed by atoms with E-state index in [1.165, 1.54) is 11.3 Å². The van der Waals surface area contributed by atoms with E-state index in [4.69, 9.17) is 0 Å². The molecule has 0 amide bonds. The number of hydrogen-bond donors (Lipinski definition) is 1. The van der Waals surface area contributed by atoms with Crippen LogP contribution in [-0.2, 0) is 5.11 Å². The molecule has 2 aromatic heterocycles. The first-order chi connectivity index (χ1) is 6.20. The van der Waals surface area contributed by atoms with Gasteiger partial charge in [-0.15, -0.1) is 21.5 Å². The Bertz CT molecular complexity index is 424. The Morgan fingerprint density at radius 1 is 1.54 bits per heavy atom. The molecule has 1 N–H and O–H groups in total. The number of aromatic amines is 1. The van der Waals surface area contributed by atoms with E-state index in [9.17, 15) is 5.11 Å². The lowest BCUT2D eigenvalue weighted by Crippen LogP contribution is -1.75. The van der Waals surface area contributed by atoms with Crippen LogP contribution in [-0.4, -0.2) is 20.6 Å². The second-order valence-corrected chi connectivity index (χ2v) is 4.73. The van der Waals surface area contributed by atoms with Gasteiger partial charge in [0.1, 0.15) is 4.88 Å². The Morgan fingerprint density at radius 2 is 2.31 bits per heavy atom. The molecule has 0 aliphatic carbocycles. The summed E-state index contributed by atoms with van der Waals surface area (Å²) in [6, 6.07) is 0. The van der Waals surface area contributed by atoms with Crippen LogP contribution in [0.3, 0.4) is 0 Å². The average molecular weight is 260 g/mol. The summed E-state index contributed by atoms with van der Waals surface area (Å²) in [7, 11) is 0. The van der Waals surface area contributed by atoms with Crippen molar-refractivity contribution in [1.82, 2.24) is 20.6 Å². The van der Waals surface area contributed by atoms with Crippen molar-refractivity contribution in [3.05, 3.63) is 9.35 Å². The van der Waals surface area contributed by atoms with E-state index in [0.717, 1.165) is 3.79 Å². The van der Waals surface area contributed by atoms with Crippen LogP contribution in [0, 0.1) is 6.92 Å². The Morgan fingerprint density at radius 3 is 2.77 bits per heavy atom. The number of halogens is 1. The minimum absolute atomic E-state index is 0.0433. The summed E-state index contributed by atoms with van der Waals surface area (Å²) in [6.45, 7) is 1.76. The van der Waals surface area contributed by atoms with Gasteiger partial charge in [0.2, 0.25) is 11.6 Å². The van der Waals surface area contributed by atoms with Gasteiger partial charge in [-0.25, -0.2) is 0 Å². The number of nitrogens with zero attached hydrogens (tertiary/aromatic N) is 3. The zero-order valence-corrected chi connectivity index (χ0v) is 8.94. The second kappa shape index (κ2) is 3.08. The predicted octanol–water partition coefficient (Wildman–Crippen LogP) is 2.14. The third-order valence-corrected chi connectivity index (χ3v) is 3.72. The normalized spacial score (nSPS) is 10.6. The highest BCUT2D eigenvalue weighted by Crippen LogP contribution is 2.42. The molecule has 0 saturated heterocycles. The molecule has 2 heterocycles. The molecule has 1 radical (unpaired) electrons. The van der Waals surface area contributed by atoms with Gasteiger partial charge in [0.25, 0.3) is 0 Å². The van der Waals surface area contributed by atoms with Crippen molar-refractivity contribution in [3.8, 4) is 16.5 Å². The van der Waals surface area contributed by atoms with Crippen LogP contribution in [0.2, 0.25) is 0 Å². The summed E-state index contributed by atoms with van der Waals surface area (Å²) in [4.78, 5) is 0.512. The fourth-order valence-corrected chi connectivity index (χ4v) is 2.39. The van der Waals surface area contributed by atoms with Crippen molar-refractivity contribution in [3.63, 3.8) is 0 Å². The topological polar surface area (TPSA) is 74.4 Å². The highest BCUT2D eigenvalue weighted by atomic mass is 79.9. The van der Waals surface area contributed by atoms with E-state index in [2.05, 4.69) is 36.6 Å². The number of rotatable bonds is 1. The summed E-state index contributed by atoms with van der Waals surface area (Å²) in [5, 5.41) is 24.7. The maximum absolute atomic E-state index is 11.5. The second-order valence-electron chi connectivity index (χ2n) is 2.39. The smallest absolute Gasteiger partial charge is 0.218 e. The zero-order valence-electron chi connectivity index (χ0n) is 6.54. The van der Waals surface area contributed by atoms with Gasteiger partial charge in [0.15, 0.2) is 0 Å². The molecule has 0 saturated carbocycles. The van der Waals surface area contributed by atoms with Crippen LogP contribution in [0.4, 0.5) is 0 Å². The summed E-state index contributed by atoms with van der Waals surface area (Å²) < 4.78 is 0.817. The summed E-state index contributed by atoms with van der Waals surface area (Å²) in [5.74, 6) is 0.307. The number of tetrazole rings is 1. The van der Waals surface area contributed by atoms with Gasteiger partial charge >= 0.3 is 0 Å². The Hall–Kier alpha value is -0.950. The van der Waals surface area contributed by atoms with E-state index < -0.39 is 0 Å². The highest BCUT2D eigenvalue weighted by molar-refractivity contribution is 9.11. The molecular formula is C6H4BrN4OS. The third-order valence-electron chi connectivity index (χ3n) is 1.58. The predicted molar refractivity (Wildman–Crippen MR) is 50.1 cm³/mol. The van der Waals surface area contributed by atoms with E-state index in [0.29, 0.717) is 16.3 Å². The van der Waals surface area contributed by atoms with Crippen LogP contribution in [0.25, 0.3) is 10.7 Å². The first kappa shape index (κ1) is 8.64. The Kier molecular flexibility index (Phi) is 2.04. The van der Waals surface area contributed by atoms with Gasteiger partial charge in [-0.05, 0) is 28.1 Å². The van der Waals surface area contributed by atoms with Crippen molar-refractivity contribution in [2.75, 3.05) is 0 Å². The van der Waals surface area contributed by atoms with Crippen molar-refractivity contribution < 1.29 is 5.11 Å². The summed E-state index contributed by atoms with van der Waals surface area (Å²) in [6.07, 6.45) is 0. The molecule has 0 aliphatic rings. The van der Waals surface area contributed by atoms with Crippen LogP contribution in [0.15, 0.2) is 3.79 Å². The molecule has 0 aromatic carbocycles. The fraction of sp³-hybridized carbons (Fsp3) is 0.167. The molecule has 7 heteroatoms. The average Bonchev–Trinajstić information content (AvgIpc) is 2.70. The molecule has 0 spiro atoms. The minimum Gasteiger partial charge on any atom is -0.288 e. The van der Waals surface area contributed by atoms with Gasteiger partial charge in [-0.1, -0.05) is 0 Å². The highest BCUT2D eigenvalue weighted by Gasteiger charge is 2.18. The van der Waals surface area contributed by atoms with Crippen molar-refractivity contribution in [1.29, 1.82) is 0 Å². The molecule has 2 aromatic rings. The van der Waals surface area contributed by atoms with Crippen LogP contribution in [0.5, 0.6) is 5.75 Å². The fourth-order valence-electron chi connectivity index (χ4n) is 0.877. The molecule has 5 nitrogen and oxygen atoms in total. The number of nitrogens with one attached hydrogen (secondary N) is 1. The summed E-state index contributed by atoms with van der Waals surface area (Å²) in [5.41, 5.74) is 0.685. The Labute approximate surface area is 85.9 Å². The summed E-state index contributed by atoms with van der Waals surface area (Å²) >= 11 is 4.60. The van der Waals surface area contributed by atoms with Gasteiger partial charge < -0.3 is 0 Å². The monoisotopic (exact) mass is 259 g/mol. The molecule has 2 rings (SSSR count). The molecular weight excluding hydrogens is 256 g/mol. The lowest BCUT2D eigenvalue weighted by molar-refractivity contribution is 0.355. The first-order valence-electron chi connectivity index (χ1n) is 3.40. The first-order valence-corrected chi connectivity index (χ1v) is 5.01. The number of thiophene rings is 1. The van der Waals surface area contributed by atoms with Gasteiger partial charge in [-0.2, -0.15) is 5.21 Å². The maximum Gasteiger partial charge on any atom is 0.218 e. The van der Waals surface area contributed by atoms with Crippen molar-refractivity contribution in [2.24, 2.45) is 0 Å². The van der Waals surface area contributed by atoms with Crippen molar-refractivity contribution in [2.45, 2.75) is 6.92 Å². The SMILES string of the molecule is Cc1c(Br)sc(-c2nn[nH]n2)c1[O]. The standard InChI is InChI=1S/C6H4BrN4OS/c1-2-3(12)4(13-5(2)7)6-8-10-11-9-6/h1H3,(H,8,9,10,11). The molecule has 0 aliphatic heterocycles. The molecule has 13 heavy (non-hydrogen) atoms. The zero-order chi connectivity index (χ0) is 9.42. The van der Waals surface area contributed by atoms with Crippen LogP contribution < -0.4 is 0 Å². The number of aromatic nitrogens is 4. The van der Waals surface area contributed by atoms with Gasteiger partial charge in [0.05, 0.1) is 3.79 Å². The Balaban J connectivity index is 2.59. The van der Waals surface area contributed by atoms with Gasteiger partial charge in [0, 0.05) is 5.56 Å². The largest absolute Gasteiger partial charge is 0.288 e. The number of H-pyrrole nitrogens is 1. The minimum atomic E-state index is -0.0433. The molecule has 67 valence electrons. The molecule has 0 bridgehead atoms. The van der Waals surface area contributed by atoms with E-state index in [1.807, 2.05) is 0 Å². The van der Waals surface area contributed by atoms with E-state index >= 15 is 0 Å². The van der Waals surface area contributed by atoms with E-state index in [1.54, 1.807) is 6.92 Å². The van der Waals surface area contributed by atoms with Crippen molar-refractivity contribution >= 4 is 27.3 Å². The van der Waals surface area contributed by atoms with Gasteiger partial charge in [-0.3, -0.25) is 5.11 Å².